The zero-order valence-electron chi connectivity index (χ0n) is 18.5. The Morgan fingerprint density at radius 2 is 1.52 bits per heavy atom. The van der Waals surface area contributed by atoms with Crippen LogP contribution in [0.4, 0.5) is 5.69 Å². The number of piperazine rings is 2. The number of benzene rings is 1. The van der Waals surface area contributed by atoms with Gasteiger partial charge in [0.15, 0.2) is 13.1 Å². The van der Waals surface area contributed by atoms with Gasteiger partial charge in [-0.15, -0.1) is 0 Å². The van der Waals surface area contributed by atoms with Crippen LogP contribution in [-0.4, -0.2) is 101 Å². The molecule has 2 aliphatic heterocycles. The van der Waals surface area contributed by atoms with Gasteiger partial charge in [0.25, 0.3) is 11.8 Å². The Morgan fingerprint density at radius 3 is 2.14 bits per heavy atom. The van der Waals surface area contributed by atoms with Crippen molar-refractivity contribution in [3.8, 4) is 0 Å². The molecule has 1 aromatic carbocycles. The molecular weight excluding hydrogens is 366 g/mol. The third kappa shape index (κ3) is 5.48. The Morgan fingerprint density at radius 1 is 0.931 bits per heavy atom. The smallest absolute Gasteiger partial charge is 0.278 e. The lowest BCUT2D eigenvalue weighted by atomic mass is 10.1. The number of hydrogen-bond acceptors (Lipinski definition) is 3. The minimum absolute atomic E-state index is 0.158. The molecule has 2 saturated heterocycles. The van der Waals surface area contributed by atoms with E-state index in [2.05, 4.69) is 36.9 Å². The van der Waals surface area contributed by atoms with E-state index in [1.807, 2.05) is 4.90 Å². The van der Waals surface area contributed by atoms with Gasteiger partial charge in [-0.1, -0.05) is 12.1 Å². The molecule has 0 aliphatic carbocycles. The highest BCUT2D eigenvalue weighted by Crippen LogP contribution is 2.22. The van der Waals surface area contributed by atoms with E-state index in [1.165, 1.54) is 26.6 Å². The first kappa shape index (κ1) is 21.6. The molecule has 1 aromatic rings. The average Bonchev–Trinajstić information content (AvgIpc) is 2.71. The number of likely N-dealkylation sites (N-methyl/N-ethyl adjacent to an activating group) is 1. The van der Waals surface area contributed by atoms with E-state index in [0.29, 0.717) is 13.1 Å². The van der Waals surface area contributed by atoms with Gasteiger partial charge in [-0.25, -0.2) is 0 Å². The number of rotatable bonds is 5. The first-order valence-corrected chi connectivity index (χ1v) is 10.8. The first-order chi connectivity index (χ1) is 13.8. The molecule has 2 aliphatic rings. The molecule has 0 atom stereocenters. The Hall–Kier alpha value is -2.12. The molecule has 0 aromatic heterocycles. The van der Waals surface area contributed by atoms with E-state index in [0.717, 1.165) is 52.4 Å². The maximum Gasteiger partial charge on any atom is 0.278 e. The first-order valence-electron chi connectivity index (χ1n) is 10.8. The van der Waals surface area contributed by atoms with Crippen molar-refractivity contribution in [3.63, 3.8) is 0 Å². The Bertz CT molecular complexity index is 720. The van der Waals surface area contributed by atoms with Crippen molar-refractivity contribution in [2.45, 2.75) is 13.8 Å². The van der Waals surface area contributed by atoms with Crippen molar-refractivity contribution in [1.82, 2.24) is 9.80 Å². The quantitative estimate of drug-likeness (QED) is 0.588. The van der Waals surface area contributed by atoms with Crippen molar-refractivity contribution < 1.29 is 19.4 Å². The van der Waals surface area contributed by atoms with Crippen molar-refractivity contribution in [2.24, 2.45) is 0 Å². The molecule has 7 nitrogen and oxygen atoms in total. The highest BCUT2D eigenvalue weighted by molar-refractivity contribution is 5.77. The fourth-order valence-electron chi connectivity index (χ4n) is 4.27. The second-order valence-electron chi connectivity index (χ2n) is 8.73. The number of aryl methyl sites for hydroxylation is 1. The molecule has 2 N–H and O–H groups in total. The summed E-state index contributed by atoms with van der Waals surface area (Å²) < 4.78 is 0. The molecule has 2 fully saturated rings. The van der Waals surface area contributed by atoms with Crippen molar-refractivity contribution >= 4 is 17.5 Å². The molecule has 2 amide bonds. The summed E-state index contributed by atoms with van der Waals surface area (Å²) in [6.07, 6.45) is 0. The number of nitrogens with zero attached hydrogens (tertiary/aromatic N) is 3. The van der Waals surface area contributed by atoms with Crippen molar-refractivity contribution in [1.29, 1.82) is 0 Å². The van der Waals surface area contributed by atoms with Gasteiger partial charge in [0, 0.05) is 19.8 Å². The maximum absolute atomic E-state index is 12.8. The van der Waals surface area contributed by atoms with Gasteiger partial charge in [-0.05, 0) is 31.0 Å². The van der Waals surface area contributed by atoms with E-state index in [9.17, 15) is 9.59 Å². The van der Waals surface area contributed by atoms with Crippen LogP contribution in [-0.2, 0) is 9.59 Å². The Kier molecular flexibility index (Phi) is 7.14. The number of carbonyl (C=O) groups is 2. The van der Waals surface area contributed by atoms with Crippen LogP contribution in [0.15, 0.2) is 18.2 Å². The summed E-state index contributed by atoms with van der Waals surface area (Å²) in [5.41, 5.74) is 4.03. The molecule has 0 bridgehead atoms. The standard InChI is InChI=1S/C22H35N5O2/c1-18-6-5-7-20(19(18)2)26-12-8-25(9-13-26)17-22(29)27-14-10-24(11-15-27)16-21(28)23(3)4/h5-7H,8-17H2,1-4H3/p+2. The summed E-state index contributed by atoms with van der Waals surface area (Å²) in [6.45, 7) is 12.7. The summed E-state index contributed by atoms with van der Waals surface area (Å²) in [5, 5.41) is 0. The van der Waals surface area contributed by atoms with Crippen LogP contribution < -0.4 is 14.7 Å². The number of nitrogens with one attached hydrogen (secondary N) is 2. The van der Waals surface area contributed by atoms with Gasteiger partial charge < -0.3 is 24.5 Å². The SMILES string of the molecule is Cc1cccc(N2CC[NH+](CC(=O)N3CC[NH+](CC(=O)N(C)C)CC3)CC2)c1C. The predicted octanol–water partition coefficient (Wildman–Crippen LogP) is -2.18. The zero-order valence-corrected chi connectivity index (χ0v) is 18.5. The van der Waals surface area contributed by atoms with E-state index >= 15 is 0 Å². The van der Waals surface area contributed by atoms with Crippen LogP contribution in [0.2, 0.25) is 0 Å². The predicted molar refractivity (Wildman–Crippen MR) is 115 cm³/mol. The number of anilines is 1. The van der Waals surface area contributed by atoms with Crippen LogP contribution in [0.3, 0.4) is 0 Å². The van der Waals surface area contributed by atoms with Gasteiger partial charge in [0.2, 0.25) is 0 Å². The van der Waals surface area contributed by atoms with Gasteiger partial charge in [-0.3, -0.25) is 9.59 Å². The monoisotopic (exact) mass is 403 g/mol. The summed E-state index contributed by atoms with van der Waals surface area (Å²) in [6, 6.07) is 6.51. The van der Waals surface area contributed by atoms with E-state index in [1.54, 1.807) is 19.0 Å². The minimum Gasteiger partial charge on any atom is -0.360 e. The lowest BCUT2D eigenvalue weighted by Crippen LogP contribution is -3.17. The van der Waals surface area contributed by atoms with E-state index in [-0.39, 0.29) is 11.8 Å². The van der Waals surface area contributed by atoms with Gasteiger partial charge in [0.05, 0.1) is 52.4 Å². The topological polar surface area (TPSA) is 52.7 Å². The Labute approximate surface area is 174 Å². The number of quaternary nitrogens is 2. The molecule has 0 radical (unpaired) electrons. The average molecular weight is 404 g/mol. The third-order valence-corrected chi connectivity index (χ3v) is 6.51. The van der Waals surface area contributed by atoms with E-state index < -0.39 is 0 Å². The fourth-order valence-corrected chi connectivity index (χ4v) is 4.27. The van der Waals surface area contributed by atoms with Crippen molar-refractivity contribution in [3.05, 3.63) is 29.3 Å². The molecule has 2 heterocycles. The Balaban J connectivity index is 1.42. The normalized spacial score (nSPS) is 18.8. The summed E-state index contributed by atoms with van der Waals surface area (Å²) in [4.78, 5) is 33.4. The number of amides is 2. The molecule has 0 saturated carbocycles. The fraction of sp³-hybridized carbons (Fsp3) is 0.636. The van der Waals surface area contributed by atoms with Gasteiger partial charge in [-0.2, -0.15) is 0 Å². The number of carbonyl (C=O) groups excluding carboxylic acids is 2. The lowest BCUT2D eigenvalue weighted by molar-refractivity contribution is -0.898. The highest BCUT2D eigenvalue weighted by atomic mass is 16.2. The maximum atomic E-state index is 12.8. The van der Waals surface area contributed by atoms with Crippen LogP contribution >= 0.6 is 0 Å². The molecule has 160 valence electrons. The summed E-state index contributed by atoms with van der Waals surface area (Å²) >= 11 is 0. The van der Waals surface area contributed by atoms with Crippen LogP contribution in [0, 0.1) is 13.8 Å². The van der Waals surface area contributed by atoms with Crippen molar-refractivity contribution in [2.75, 3.05) is 84.4 Å². The minimum atomic E-state index is 0.158. The largest absolute Gasteiger partial charge is 0.360 e. The van der Waals surface area contributed by atoms with Crippen LogP contribution in [0.1, 0.15) is 11.1 Å². The highest BCUT2D eigenvalue weighted by Gasteiger charge is 2.29. The lowest BCUT2D eigenvalue weighted by Gasteiger charge is -2.36. The van der Waals surface area contributed by atoms with Gasteiger partial charge in [0.1, 0.15) is 0 Å². The van der Waals surface area contributed by atoms with E-state index in [4.69, 9.17) is 0 Å². The third-order valence-electron chi connectivity index (χ3n) is 6.51. The molecule has 0 unspecified atom stereocenters. The van der Waals surface area contributed by atoms with Crippen LogP contribution in [0.5, 0.6) is 0 Å². The molecule has 0 spiro atoms. The molecular formula is C22H37N5O2+2. The van der Waals surface area contributed by atoms with Gasteiger partial charge >= 0.3 is 0 Å². The zero-order chi connectivity index (χ0) is 21.0. The summed E-state index contributed by atoms with van der Waals surface area (Å²) in [5.74, 6) is 0.420. The molecule has 3 rings (SSSR count). The second kappa shape index (κ2) is 9.59. The molecule has 7 heteroatoms. The molecule has 29 heavy (non-hydrogen) atoms. The summed E-state index contributed by atoms with van der Waals surface area (Å²) in [7, 11) is 3.59. The second-order valence-corrected chi connectivity index (χ2v) is 8.73. The number of hydrogen-bond donors (Lipinski definition) is 2. The van der Waals surface area contributed by atoms with Crippen LogP contribution in [0.25, 0.3) is 0 Å².